The molecule has 0 aliphatic carbocycles. The molecular formula is C27H32N6O4. The van der Waals surface area contributed by atoms with Crippen molar-refractivity contribution < 1.29 is 18.7 Å². The van der Waals surface area contributed by atoms with Crippen molar-refractivity contribution in [3.63, 3.8) is 0 Å². The van der Waals surface area contributed by atoms with Crippen molar-refractivity contribution in [2.24, 2.45) is 0 Å². The molecular weight excluding hydrogens is 472 g/mol. The smallest absolute Gasteiger partial charge is 0.266 e. The Bertz CT molecular complexity index is 1410. The molecule has 0 radical (unpaired) electrons. The van der Waals surface area contributed by atoms with Crippen molar-refractivity contribution in [3.05, 3.63) is 65.2 Å². The van der Waals surface area contributed by atoms with Crippen molar-refractivity contribution in [2.45, 2.75) is 40.3 Å². The maximum atomic E-state index is 13.1. The molecule has 194 valence electrons. The average Bonchev–Trinajstić information content (AvgIpc) is 3.43. The third-order valence-corrected chi connectivity index (χ3v) is 5.58. The van der Waals surface area contributed by atoms with E-state index in [0.29, 0.717) is 34.7 Å². The summed E-state index contributed by atoms with van der Waals surface area (Å²) in [5, 5.41) is 7.36. The van der Waals surface area contributed by atoms with Gasteiger partial charge in [-0.15, -0.1) is 0 Å². The Balaban J connectivity index is 1.57. The van der Waals surface area contributed by atoms with E-state index in [1.165, 1.54) is 0 Å². The Morgan fingerprint density at radius 3 is 2.51 bits per heavy atom. The number of nitrogens with one attached hydrogen (secondary N) is 1. The molecule has 4 rings (SSSR count). The molecule has 1 N–H and O–H groups in total. The lowest BCUT2D eigenvalue weighted by Crippen LogP contribution is -2.30. The van der Waals surface area contributed by atoms with Crippen LogP contribution in [0.5, 0.6) is 11.5 Å². The number of nitrogens with zero attached hydrogens (tertiary/aromatic N) is 5. The minimum atomic E-state index is -0.800. The minimum absolute atomic E-state index is 0.306. The van der Waals surface area contributed by atoms with Gasteiger partial charge in [0.1, 0.15) is 23.1 Å². The Kier molecular flexibility index (Phi) is 7.58. The lowest BCUT2D eigenvalue weighted by molar-refractivity contribution is -0.122. The van der Waals surface area contributed by atoms with Crippen molar-refractivity contribution in [3.8, 4) is 28.9 Å². The highest BCUT2D eigenvalue weighted by Gasteiger charge is 2.19. The van der Waals surface area contributed by atoms with Crippen LogP contribution < -0.4 is 14.8 Å². The van der Waals surface area contributed by atoms with Crippen LogP contribution in [-0.4, -0.2) is 57.9 Å². The highest BCUT2D eigenvalue weighted by atomic mass is 16.5. The van der Waals surface area contributed by atoms with Crippen LogP contribution in [0.4, 0.5) is 5.82 Å². The highest BCUT2D eigenvalue weighted by molar-refractivity contribution is 5.93. The van der Waals surface area contributed by atoms with Gasteiger partial charge in [-0.3, -0.25) is 4.79 Å². The van der Waals surface area contributed by atoms with Gasteiger partial charge in [0.05, 0.1) is 12.8 Å². The summed E-state index contributed by atoms with van der Waals surface area (Å²) in [5.41, 5.74) is 2.78. The number of aryl methyl sites for hydroxylation is 3. The van der Waals surface area contributed by atoms with Gasteiger partial charge in [0.2, 0.25) is 0 Å². The SMILES string of the molecule is COc1cc(OC(C)C(=O)Nc2cc(-n3nc(C)cc3C)nc(-c3ccc(C)o3)n2)ccc1CN(C)C. The van der Waals surface area contributed by atoms with Gasteiger partial charge in [0.25, 0.3) is 5.91 Å². The number of benzene rings is 1. The molecule has 1 atom stereocenters. The van der Waals surface area contributed by atoms with Crippen LogP contribution in [0.2, 0.25) is 0 Å². The van der Waals surface area contributed by atoms with Crippen molar-refractivity contribution in [1.29, 1.82) is 0 Å². The summed E-state index contributed by atoms with van der Waals surface area (Å²) in [6, 6.07) is 12.8. The average molecular weight is 505 g/mol. The van der Waals surface area contributed by atoms with E-state index in [-0.39, 0.29) is 5.91 Å². The Morgan fingerprint density at radius 2 is 1.89 bits per heavy atom. The van der Waals surface area contributed by atoms with Crippen molar-refractivity contribution in [2.75, 3.05) is 26.5 Å². The number of hydrogen-bond acceptors (Lipinski definition) is 8. The number of amides is 1. The number of anilines is 1. The lowest BCUT2D eigenvalue weighted by atomic mass is 10.2. The predicted octanol–water partition coefficient (Wildman–Crippen LogP) is 4.32. The van der Waals surface area contributed by atoms with Gasteiger partial charge in [-0.25, -0.2) is 14.6 Å². The molecule has 0 spiro atoms. The second-order valence-corrected chi connectivity index (χ2v) is 9.14. The number of methoxy groups -OCH3 is 1. The lowest BCUT2D eigenvalue weighted by Gasteiger charge is -2.18. The third-order valence-electron chi connectivity index (χ3n) is 5.58. The fourth-order valence-electron chi connectivity index (χ4n) is 3.89. The molecule has 10 heteroatoms. The quantitative estimate of drug-likeness (QED) is 0.359. The van der Waals surface area contributed by atoms with Gasteiger partial charge in [0, 0.05) is 29.9 Å². The molecule has 0 fully saturated rings. The Hall–Kier alpha value is -4.18. The molecule has 1 amide bonds. The van der Waals surface area contributed by atoms with Gasteiger partial charge < -0.3 is 24.1 Å². The summed E-state index contributed by atoms with van der Waals surface area (Å²) in [6.45, 7) is 8.09. The number of ether oxygens (including phenoxy) is 2. The van der Waals surface area contributed by atoms with E-state index in [1.54, 1.807) is 36.9 Å². The largest absolute Gasteiger partial charge is 0.496 e. The van der Waals surface area contributed by atoms with Crippen molar-refractivity contribution in [1.82, 2.24) is 24.6 Å². The first-order valence-electron chi connectivity index (χ1n) is 11.9. The first-order chi connectivity index (χ1) is 17.6. The fourth-order valence-corrected chi connectivity index (χ4v) is 3.89. The van der Waals surface area contributed by atoms with E-state index in [2.05, 4.69) is 25.3 Å². The molecule has 0 aliphatic heterocycles. The maximum Gasteiger partial charge on any atom is 0.266 e. The molecule has 4 aromatic rings. The zero-order valence-electron chi connectivity index (χ0n) is 22.2. The molecule has 3 aromatic heterocycles. The number of rotatable bonds is 9. The number of furan rings is 1. The monoisotopic (exact) mass is 504 g/mol. The molecule has 3 heterocycles. The van der Waals surface area contributed by atoms with Crippen LogP contribution in [0.3, 0.4) is 0 Å². The van der Waals surface area contributed by atoms with Crippen molar-refractivity contribution >= 4 is 11.7 Å². The summed E-state index contributed by atoms with van der Waals surface area (Å²) in [5.74, 6) is 3.23. The Morgan fingerprint density at radius 1 is 1.11 bits per heavy atom. The number of carbonyl (C=O) groups is 1. The standard InChI is InChI=1S/C27H32N6O4/c1-16-12-17(2)33(31-16)25-14-24(28-26(30-25)22-11-8-18(3)36-22)29-27(34)19(4)37-21-10-9-20(15-32(5)6)23(13-21)35-7/h8-14,19H,15H2,1-7H3,(H,28,29,30,34). The van der Waals surface area contributed by atoms with Gasteiger partial charge in [-0.2, -0.15) is 5.10 Å². The van der Waals surface area contributed by atoms with Crippen LogP contribution in [0.25, 0.3) is 17.4 Å². The third kappa shape index (κ3) is 6.15. The van der Waals surface area contributed by atoms with E-state index < -0.39 is 6.10 Å². The maximum absolute atomic E-state index is 13.1. The zero-order valence-corrected chi connectivity index (χ0v) is 22.2. The molecule has 0 saturated heterocycles. The fraction of sp³-hybridized carbons (Fsp3) is 0.333. The first kappa shape index (κ1) is 25.9. The van der Waals surface area contributed by atoms with Crippen LogP contribution in [0, 0.1) is 20.8 Å². The molecule has 37 heavy (non-hydrogen) atoms. The molecule has 0 aliphatic rings. The molecule has 0 bridgehead atoms. The number of aromatic nitrogens is 4. The zero-order chi connectivity index (χ0) is 26.7. The topological polar surface area (TPSA) is 108 Å². The van der Waals surface area contributed by atoms with Gasteiger partial charge in [-0.05, 0) is 66.1 Å². The normalized spacial score (nSPS) is 12.0. The van der Waals surface area contributed by atoms with E-state index in [0.717, 1.165) is 29.3 Å². The number of carbonyl (C=O) groups excluding carboxylic acids is 1. The highest BCUT2D eigenvalue weighted by Crippen LogP contribution is 2.27. The number of hydrogen-bond donors (Lipinski definition) is 1. The van der Waals surface area contributed by atoms with Crippen LogP contribution >= 0.6 is 0 Å². The van der Waals surface area contributed by atoms with E-state index in [4.69, 9.17) is 13.9 Å². The Labute approximate surface area is 216 Å². The van der Waals surface area contributed by atoms with E-state index in [1.807, 2.05) is 59.1 Å². The summed E-state index contributed by atoms with van der Waals surface area (Å²) < 4.78 is 18.9. The molecule has 0 saturated carbocycles. The summed E-state index contributed by atoms with van der Waals surface area (Å²) >= 11 is 0. The van der Waals surface area contributed by atoms with E-state index >= 15 is 0 Å². The van der Waals surface area contributed by atoms with Gasteiger partial charge in [-0.1, -0.05) is 6.07 Å². The predicted molar refractivity (Wildman–Crippen MR) is 140 cm³/mol. The molecule has 1 unspecified atom stereocenters. The van der Waals surface area contributed by atoms with Gasteiger partial charge in [0.15, 0.2) is 23.5 Å². The first-order valence-corrected chi connectivity index (χ1v) is 11.9. The van der Waals surface area contributed by atoms with Crippen LogP contribution in [-0.2, 0) is 11.3 Å². The second-order valence-electron chi connectivity index (χ2n) is 9.14. The van der Waals surface area contributed by atoms with Crippen LogP contribution in [0.1, 0.15) is 29.6 Å². The summed E-state index contributed by atoms with van der Waals surface area (Å²) in [7, 11) is 5.59. The summed E-state index contributed by atoms with van der Waals surface area (Å²) in [6.07, 6.45) is -0.800. The summed E-state index contributed by atoms with van der Waals surface area (Å²) in [4.78, 5) is 24.3. The second kappa shape index (κ2) is 10.8. The molecule has 1 aromatic carbocycles. The molecule has 10 nitrogen and oxygen atoms in total. The van der Waals surface area contributed by atoms with E-state index in [9.17, 15) is 4.79 Å². The minimum Gasteiger partial charge on any atom is -0.496 e. The van der Waals surface area contributed by atoms with Gasteiger partial charge >= 0.3 is 0 Å². The van der Waals surface area contributed by atoms with Crippen LogP contribution in [0.15, 0.2) is 46.9 Å².